The van der Waals surface area contributed by atoms with Crippen LogP contribution in [-0.4, -0.2) is 61.8 Å². The predicted octanol–water partition coefficient (Wildman–Crippen LogP) is -0.391. The minimum atomic E-state index is -0.449. The maximum atomic E-state index is 9.58. The van der Waals surface area contributed by atoms with Crippen LogP contribution in [0.25, 0.3) is 0 Å². The van der Waals surface area contributed by atoms with Crippen LogP contribution < -0.4 is 5.43 Å². The summed E-state index contributed by atoms with van der Waals surface area (Å²) < 4.78 is 10.5. The van der Waals surface area contributed by atoms with Crippen LogP contribution >= 0.6 is 0 Å². The summed E-state index contributed by atoms with van der Waals surface area (Å²) in [4.78, 5) is 0. The lowest BCUT2D eigenvalue weighted by molar-refractivity contribution is -0.0210. The first-order valence-electron chi connectivity index (χ1n) is 5.54. The molecule has 15 heavy (non-hydrogen) atoms. The Morgan fingerprint density at radius 2 is 2.07 bits per heavy atom. The Labute approximate surface area is 91.3 Å². The molecule has 0 amide bonds. The molecule has 1 saturated heterocycles. The van der Waals surface area contributed by atoms with Crippen molar-refractivity contribution in [1.29, 1.82) is 0 Å². The van der Waals surface area contributed by atoms with Crippen LogP contribution in [0.5, 0.6) is 0 Å². The van der Waals surface area contributed by atoms with Gasteiger partial charge in [0.2, 0.25) is 0 Å². The van der Waals surface area contributed by atoms with E-state index < -0.39 is 6.10 Å². The fourth-order valence-electron chi connectivity index (χ4n) is 1.32. The van der Waals surface area contributed by atoms with Gasteiger partial charge in [-0.1, -0.05) is 0 Å². The second-order valence-corrected chi connectivity index (χ2v) is 4.00. The van der Waals surface area contributed by atoms with Crippen LogP contribution in [0.4, 0.5) is 0 Å². The van der Waals surface area contributed by atoms with Crippen LogP contribution in [0.3, 0.4) is 0 Å². The van der Waals surface area contributed by atoms with E-state index in [0.29, 0.717) is 13.2 Å². The molecule has 1 rings (SSSR count). The van der Waals surface area contributed by atoms with Gasteiger partial charge < -0.3 is 14.6 Å². The van der Waals surface area contributed by atoms with Gasteiger partial charge in [-0.2, -0.15) is 0 Å². The molecule has 0 aliphatic carbocycles. The molecule has 0 spiro atoms. The summed E-state index contributed by atoms with van der Waals surface area (Å²) in [7, 11) is 0. The fourth-order valence-corrected chi connectivity index (χ4v) is 1.32. The SMILES string of the molecule is CC(C)OCC(O)CNN1CCOCC1. The molecule has 0 aromatic rings. The van der Waals surface area contributed by atoms with Crippen molar-refractivity contribution < 1.29 is 14.6 Å². The van der Waals surface area contributed by atoms with Crippen molar-refractivity contribution in [3.63, 3.8) is 0 Å². The zero-order valence-electron chi connectivity index (χ0n) is 9.61. The van der Waals surface area contributed by atoms with Crippen LogP contribution in [-0.2, 0) is 9.47 Å². The number of nitrogens with one attached hydrogen (secondary N) is 1. The quantitative estimate of drug-likeness (QED) is 0.636. The van der Waals surface area contributed by atoms with Crippen molar-refractivity contribution in [2.24, 2.45) is 0 Å². The van der Waals surface area contributed by atoms with Gasteiger partial charge >= 0.3 is 0 Å². The highest BCUT2D eigenvalue weighted by atomic mass is 16.5. The third-order valence-corrected chi connectivity index (χ3v) is 2.18. The van der Waals surface area contributed by atoms with Gasteiger partial charge in [-0.25, -0.2) is 5.01 Å². The summed E-state index contributed by atoms with van der Waals surface area (Å²) in [6, 6.07) is 0. The zero-order valence-corrected chi connectivity index (χ0v) is 9.61. The molecular weight excluding hydrogens is 196 g/mol. The van der Waals surface area contributed by atoms with E-state index in [-0.39, 0.29) is 6.10 Å². The number of ether oxygens (including phenoxy) is 2. The monoisotopic (exact) mass is 218 g/mol. The lowest BCUT2D eigenvalue weighted by Crippen LogP contribution is -2.48. The number of morpholine rings is 1. The van der Waals surface area contributed by atoms with Crippen LogP contribution in [0.1, 0.15) is 13.8 Å². The first-order chi connectivity index (χ1) is 7.18. The minimum Gasteiger partial charge on any atom is -0.389 e. The van der Waals surface area contributed by atoms with Crippen LogP contribution in [0, 0.1) is 0 Å². The van der Waals surface area contributed by atoms with Crippen LogP contribution in [0.2, 0.25) is 0 Å². The Morgan fingerprint density at radius 3 is 2.67 bits per heavy atom. The molecule has 0 aromatic carbocycles. The van der Waals surface area contributed by atoms with E-state index in [2.05, 4.69) is 10.4 Å². The Bertz CT molecular complexity index is 161. The highest BCUT2D eigenvalue weighted by Crippen LogP contribution is 1.94. The first-order valence-corrected chi connectivity index (χ1v) is 5.54. The van der Waals surface area contributed by atoms with E-state index in [9.17, 15) is 5.11 Å². The molecule has 1 heterocycles. The average molecular weight is 218 g/mol. The summed E-state index contributed by atoms with van der Waals surface area (Å²) in [5.74, 6) is 0. The molecule has 5 nitrogen and oxygen atoms in total. The average Bonchev–Trinajstić information content (AvgIpc) is 2.25. The van der Waals surface area contributed by atoms with Crippen molar-refractivity contribution in [3.8, 4) is 0 Å². The number of aliphatic hydroxyl groups excluding tert-OH is 1. The van der Waals surface area contributed by atoms with E-state index in [0.717, 1.165) is 26.3 Å². The predicted molar refractivity (Wildman–Crippen MR) is 57.5 cm³/mol. The van der Waals surface area contributed by atoms with Gasteiger partial charge in [0.25, 0.3) is 0 Å². The third kappa shape index (κ3) is 6.06. The third-order valence-electron chi connectivity index (χ3n) is 2.18. The fraction of sp³-hybridized carbons (Fsp3) is 1.00. The number of aliphatic hydroxyl groups is 1. The largest absolute Gasteiger partial charge is 0.389 e. The lowest BCUT2D eigenvalue weighted by atomic mass is 10.4. The van der Waals surface area contributed by atoms with Crippen LogP contribution in [0.15, 0.2) is 0 Å². The van der Waals surface area contributed by atoms with E-state index in [1.54, 1.807) is 0 Å². The van der Waals surface area contributed by atoms with Crippen molar-refractivity contribution in [3.05, 3.63) is 0 Å². The maximum absolute atomic E-state index is 9.58. The van der Waals surface area contributed by atoms with Gasteiger partial charge in [-0.3, -0.25) is 5.43 Å². The van der Waals surface area contributed by atoms with Gasteiger partial charge in [0, 0.05) is 19.6 Å². The molecule has 1 aliphatic heterocycles. The molecule has 90 valence electrons. The number of hydrazine groups is 1. The zero-order chi connectivity index (χ0) is 11.1. The minimum absolute atomic E-state index is 0.169. The number of hydrogen-bond donors (Lipinski definition) is 2. The van der Waals surface area contributed by atoms with Crippen molar-refractivity contribution in [2.75, 3.05) is 39.5 Å². The van der Waals surface area contributed by atoms with E-state index >= 15 is 0 Å². The number of rotatable bonds is 6. The topological polar surface area (TPSA) is 54.0 Å². The van der Waals surface area contributed by atoms with E-state index in [1.807, 2.05) is 13.8 Å². The summed E-state index contributed by atoms with van der Waals surface area (Å²) in [5, 5.41) is 11.7. The van der Waals surface area contributed by atoms with Gasteiger partial charge in [-0.05, 0) is 13.8 Å². The molecule has 0 radical (unpaired) electrons. The molecular formula is C10H22N2O3. The van der Waals surface area contributed by atoms with E-state index in [4.69, 9.17) is 9.47 Å². The maximum Gasteiger partial charge on any atom is 0.0911 e. The van der Waals surface area contributed by atoms with Crippen molar-refractivity contribution in [2.45, 2.75) is 26.1 Å². The Kier molecular flexibility index (Phi) is 6.12. The highest BCUT2D eigenvalue weighted by molar-refractivity contribution is 4.61. The van der Waals surface area contributed by atoms with Gasteiger partial charge in [0.15, 0.2) is 0 Å². The second kappa shape index (κ2) is 7.14. The Balaban J connectivity index is 2.02. The van der Waals surface area contributed by atoms with Crippen molar-refractivity contribution in [1.82, 2.24) is 10.4 Å². The smallest absolute Gasteiger partial charge is 0.0911 e. The van der Waals surface area contributed by atoms with E-state index in [1.165, 1.54) is 0 Å². The lowest BCUT2D eigenvalue weighted by Gasteiger charge is -2.28. The summed E-state index contributed by atoms with van der Waals surface area (Å²) in [6.07, 6.45) is -0.279. The van der Waals surface area contributed by atoms with Crippen molar-refractivity contribution >= 4 is 0 Å². The molecule has 0 bridgehead atoms. The molecule has 1 atom stereocenters. The highest BCUT2D eigenvalue weighted by Gasteiger charge is 2.12. The van der Waals surface area contributed by atoms with Gasteiger partial charge in [0.05, 0.1) is 32.0 Å². The molecule has 1 unspecified atom stereocenters. The molecule has 2 N–H and O–H groups in total. The molecule has 0 saturated carbocycles. The molecule has 0 aromatic heterocycles. The molecule has 1 fully saturated rings. The summed E-state index contributed by atoms with van der Waals surface area (Å²) >= 11 is 0. The molecule has 1 aliphatic rings. The standard InChI is InChI=1S/C10H22N2O3/c1-9(2)15-8-10(13)7-11-12-3-5-14-6-4-12/h9-11,13H,3-8H2,1-2H3. The Hall–Kier alpha value is -0.200. The van der Waals surface area contributed by atoms with Gasteiger partial charge in [-0.15, -0.1) is 0 Å². The number of hydrogen-bond acceptors (Lipinski definition) is 5. The normalized spacial score (nSPS) is 20.8. The second-order valence-electron chi connectivity index (χ2n) is 4.00. The Morgan fingerprint density at radius 1 is 1.40 bits per heavy atom. The van der Waals surface area contributed by atoms with Gasteiger partial charge in [0.1, 0.15) is 0 Å². The summed E-state index contributed by atoms with van der Waals surface area (Å²) in [5.41, 5.74) is 3.17. The summed E-state index contributed by atoms with van der Waals surface area (Å²) in [6.45, 7) is 8.10. The molecule has 5 heteroatoms. The first kappa shape index (κ1) is 12.9. The number of nitrogens with zero attached hydrogens (tertiary/aromatic N) is 1.